The minimum atomic E-state index is -1.58. The number of ether oxygens (including phenoxy) is 2. The molecule has 2 rings (SSSR count). The molecule has 0 aromatic carbocycles. The highest BCUT2D eigenvalue weighted by Gasteiger charge is 2.50. The molecule has 1 heterocycles. The molecule has 0 aromatic rings. The standard InChI is InChI=1S/C19H34O9/c1-10-6-11(22)7-18(2,3)19(10,26)5-4-12(8-20)27-17-16(25)15(24)14(23)13(9-21)28-17/h4-5,10-17,20-26H,6-9H2,1-3H3/b5-4+/t10-,11-,12-,13+,14+,15-,16+,17+,19-/m0/s1. The fraction of sp³-hybridized carbons (Fsp3) is 0.895. The SMILES string of the molecule is C[C@H]1C[C@H](O)CC(C)(C)[C@]1(O)/C=C/[C@@H](CO)O[C@@H]1O[C@H](CO)[C@@H](O)[C@H](O)[C@H]1O. The summed E-state index contributed by atoms with van der Waals surface area (Å²) in [6.45, 7) is 4.46. The highest BCUT2D eigenvalue weighted by Crippen LogP contribution is 2.48. The second kappa shape index (κ2) is 9.03. The third kappa shape index (κ3) is 4.58. The lowest BCUT2D eigenvalue weighted by Gasteiger charge is -2.50. The topological polar surface area (TPSA) is 160 Å². The maximum absolute atomic E-state index is 11.2. The van der Waals surface area contributed by atoms with Gasteiger partial charge < -0.3 is 45.2 Å². The molecule has 0 unspecified atom stereocenters. The Labute approximate surface area is 164 Å². The van der Waals surface area contributed by atoms with Gasteiger partial charge in [-0.1, -0.05) is 32.9 Å². The monoisotopic (exact) mass is 406 g/mol. The number of hydrogen-bond acceptors (Lipinski definition) is 9. The molecule has 7 N–H and O–H groups in total. The molecule has 1 aliphatic heterocycles. The third-order valence-corrected chi connectivity index (χ3v) is 6.11. The third-order valence-electron chi connectivity index (χ3n) is 6.11. The Hall–Kier alpha value is -0.620. The number of aliphatic hydroxyl groups excluding tert-OH is 6. The smallest absolute Gasteiger partial charge is 0.187 e. The van der Waals surface area contributed by atoms with Crippen LogP contribution in [-0.4, -0.2) is 97.5 Å². The molecule has 1 saturated heterocycles. The van der Waals surface area contributed by atoms with Crippen LogP contribution in [0, 0.1) is 11.3 Å². The van der Waals surface area contributed by atoms with Gasteiger partial charge >= 0.3 is 0 Å². The first kappa shape index (κ1) is 23.7. The molecule has 9 nitrogen and oxygen atoms in total. The van der Waals surface area contributed by atoms with E-state index in [-0.39, 0.29) is 5.92 Å². The van der Waals surface area contributed by atoms with Crippen molar-refractivity contribution in [2.45, 2.75) is 82.1 Å². The van der Waals surface area contributed by atoms with E-state index in [0.717, 1.165) is 0 Å². The molecule has 0 aromatic heterocycles. The summed E-state index contributed by atoms with van der Waals surface area (Å²) in [5, 5.41) is 69.8. The van der Waals surface area contributed by atoms with Crippen LogP contribution in [0.4, 0.5) is 0 Å². The van der Waals surface area contributed by atoms with E-state index in [1.165, 1.54) is 12.2 Å². The van der Waals surface area contributed by atoms with Gasteiger partial charge in [0.15, 0.2) is 6.29 Å². The fourth-order valence-electron chi connectivity index (χ4n) is 4.24. The zero-order chi connectivity index (χ0) is 21.3. The van der Waals surface area contributed by atoms with E-state index >= 15 is 0 Å². The van der Waals surface area contributed by atoms with E-state index in [1.54, 1.807) is 0 Å². The van der Waals surface area contributed by atoms with Crippen molar-refractivity contribution in [3.05, 3.63) is 12.2 Å². The van der Waals surface area contributed by atoms with E-state index < -0.39 is 67.1 Å². The van der Waals surface area contributed by atoms with Crippen molar-refractivity contribution in [3.63, 3.8) is 0 Å². The van der Waals surface area contributed by atoms with E-state index in [2.05, 4.69) is 0 Å². The van der Waals surface area contributed by atoms with Crippen LogP contribution in [-0.2, 0) is 9.47 Å². The van der Waals surface area contributed by atoms with Crippen LogP contribution in [0.3, 0.4) is 0 Å². The first-order chi connectivity index (χ1) is 13.0. The molecule has 2 fully saturated rings. The molecule has 0 spiro atoms. The Morgan fingerprint density at radius 2 is 1.75 bits per heavy atom. The zero-order valence-corrected chi connectivity index (χ0v) is 16.5. The summed E-state index contributed by atoms with van der Waals surface area (Å²) in [5.41, 5.74) is -1.87. The molecule has 9 heteroatoms. The van der Waals surface area contributed by atoms with Crippen LogP contribution in [0.15, 0.2) is 12.2 Å². The Bertz CT molecular complexity index is 537. The van der Waals surface area contributed by atoms with E-state index in [0.29, 0.717) is 12.8 Å². The second-order valence-corrected chi connectivity index (χ2v) is 8.62. The number of rotatable bonds is 6. The van der Waals surface area contributed by atoms with E-state index in [9.17, 15) is 35.7 Å². The molecule has 164 valence electrons. The number of hydrogen-bond donors (Lipinski definition) is 7. The van der Waals surface area contributed by atoms with Crippen molar-refractivity contribution >= 4 is 0 Å². The fourth-order valence-corrected chi connectivity index (χ4v) is 4.24. The maximum Gasteiger partial charge on any atom is 0.187 e. The van der Waals surface area contributed by atoms with Crippen molar-refractivity contribution in [3.8, 4) is 0 Å². The summed E-state index contributed by atoms with van der Waals surface area (Å²) in [5.74, 6) is -0.242. The van der Waals surface area contributed by atoms with E-state index in [1.807, 2.05) is 20.8 Å². The Balaban J connectivity index is 2.13. The molecule has 0 amide bonds. The minimum Gasteiger partial charge on any atom is -0.394 e. The van der Waals surface area contributed by atoms with Crippen molar-refractivity contribution in [2.24, 2.45) is 11.3 Å². The molecular formula is C19H34O9. The van der Waals surface area contributed by atoms with Gasteiger partial charge in [0.05, 0.1) is 24.9 Å². The lowest BCUT2D eigenvalue weighted by molar-refractivity contribution is -0.309. The highest BCUT2D eigenvalue weighted by molar-refractivity contribution is 5.15. The van der Waals surface area contributed by atoms with Crippen molar-refractivity contribution in [1.82, 2.24) is 0 Å². The molecular weight excluding hydrogens is 372 g/mol. The zero-order valence-electron chi connectivity index (χ0n) is 16.5. The van der Waals surface area contributed by atoms with Crippen LogP contribution in [0.2, 0.25) is 0 Å². The highest BCUT2D eigenvalue weighted by atomic mass is 16.7. The van der Waals surface area contributed by atoms with Gasteiger partial charge in [0, 0.05) is 0 Å². The van der Waals surface area contributed by atoms with Gasteiger partial charge in [-0.3, -0.25) is 0 Å². The lowest BCUT2D eigenvalue weighted by atomic mass is 9.60. The van der Waals surface area contributed by atoms with Gasteiger partial charge in [-0.15, -0.1) is 0 Å². The molecule has 28 heavy (non-hydrogen) atoms. The van der Waals surface area contributed by atoms with Crippen LogP contribution in [0.25, 0.3) is 0 Å². The first-order valence-electron chi connectivity index (χ1n) is 9.63. The Kier molecular flexibility index (Phi) is 7.63. The first-order valence-corrected chi connectivity index (χ1v) is 9.63. The largest absolute Gasteiger partial charge is 0.394 e. The molecule has 1 saturated carbocycles. The van der Waals surface area contributed by atoms with Crippen LogP contribution < -0.4 is 0 Å². The predicted octanol–water partition coefficient (Wildman–Crippen LogP) is -1.73. The van der Waals surface area contributed by atoms with Crippen molar-refractivity contribution in [2.75, 3.05) is 13.2 Å². The van der Waals surface area contributed by atoms with Crippen LogP contribution in [0.1, 0.15) is 33.6 Å². The van der Waals surface area contributed by atoms with Crippen molar-refractivity contribution < 1.29 is 45.2 Å². The second-order valence-electron chi connectivity index (χ2n) is 8.62. The minimum absolute atomic E-state index is 0.242. The maximum atomic E-state index is 11.2. The van der Waals surface area contributed by atoms with E-state index in [4.69, 9.17) is 9.47 Å². The van der Waals surface area contributed by atoms with Gasteiger partial charge in [0.2, 0.25) is 0 Å². The Morgan fingerprint density at radius 1 is 1.11 bits per heavy atom. The van der Waals surface area contributed by atoms with Crippen molar-refractivity contribution in [1.29, 1.82) is 0 Å². The summed E-state index contributed by atoms with van der Waals surface area (Å²) < 4.78 is 10.8. The number of aliphatic hydroxyl groups is 7. The summed E-state index contributed by atoms with van der Waals surface area (Å²) in [4.78, 5) is 0. The van der Waals surface area contributed by atoms with Gasteiger partial charge in [0.25, 0.3) is 0 Å². The molecule has 9 atom stereocenters. The molecule has 1 aliphatic carbocycles. The van der Waals surface area contributed by atoms with Gasteiger partial charge in [-0.05, 0) is 24.2 Å². The average molecular weight is 406 g/mol. The van der Waals surface area contributed by atoms with Gasteiger partial charge in [-0.2, -0.15) is 0 Å². The van der Waals surface area contributed by atoms with Crippen LogP contribution >= 0.6 is 0 Å². The van der Waals surface area contributed by atoms with Gasteiger partial charge in [-0.25, -0.2) is 0 Å². The summed E-state index contributed by atoms with van der Waals surface area (Å²) in [7, 11) is 0. The van der Waals surface area contributed by atoms with Crippen LogP contribution in [0.5, 0.6) is 0 Å². The Morgan fingerprint density at radius 3 is 2.29 bits per heavy atom. The molecule has 0 bridgehead atoms. The summed E-state index contributed by atoms with van der Waals surface area (Å²) in [6, 6.07) is 0. The molecule has 2 aliphatic rings. The predicted molar refractivity (Wildman–Crippen MR) is 98.0 cm³/mol. The lowest BCUT2D eigenvalue weighted by Crippen LogP contribution is -2.59. The molecule has 0 radical (unpaired) electrons. The van der Waals surface area contributed by atoms with Gasteiger partial charge in [0.1, 0.15) is 30.5 Å². The normalized spacial score (nSPS) is 45.3. The summed E-state index contributed by atoms with van der Waals surface area (Å²) in [6.07, 6.45) is -4.80. The average Bonchev–Trinajstić information content (AvgIpc) is 2.62. The summed E-state index contributed by atoms with van der Waals surface area (Å²) >= 11 is 0. The quantitative estimate of drug-likeness (QED) is 0.254.